The van der Waals surface area contributed by atoms with Gasteiger partial charge in [-0.3, -0.25) is 25.2 Å². The highest BCUT2D eigenvalue weighted by molar-refractivity contribution is 5.96. The lowest BCUT2D eigenvalue weighted by Gasteiger charge is -2.55. The van der Waals surface area contributed by atoms with Crippen molar-refractivity contribution in [3.05, 3.63) is 42.1 Å². The summed E-state index contributed by atoms with van der Waals surface area (Å²) in [5, 5.41) is 3.74. The normalized spacial score (nSPS) is 28.9. The highest BCUT2D eigenvalue weighted by atomic mass is 16.2. The van der Waals surface area contributed by atoms with Crippen molar-refractivity contribution < 1.29 is 14.4 Å². The van der Waals surface area contributed by atoms with Crippen molar-refractivity contribution in [1.82, 2.24) is 21.2 Å². The second-order valence-electron chi connectivity index (χ2n) is 9.27. The van der Waals surface area contributed by atoms with E-state index in [0.29, 0.717) is 23.3 Å². The number of carbonyl (C=O) groups is 3. The minimum atomic E-state index is -0.499. The molecule has 0 atom stereocenters. The third-order valence-corrected chi connectivity index (χ3v) is 7.08. The van der Waals surface area contributed by atoms with Crippen LogP contribution in [0.1, 0.15) is 49.0 Å². The molecule has 4 bridgehead atoms. The zero-order valence-corrected chi connectivity index (χ0v) is 16.8. The fraction of sp³-hybridized carbons (Fsp3) is 0.478. The van der Waals surface area contributed by atoms with Crippen LogP contribution in [0.2, 0.25) is 0 Å². The molecule has 0 saturated heterocycles. The summed E-state index contributed by atoms with van der Waals surface area (Å²) in [5.74, 6) is 1.06. The molecule has 0 aliphatic heterocycles. The Bertz CT molecular complexity index is 983. The fourth-order valence-electron chi connectivity index (χ4n) is 6.16. The van der Waals surface area contributed by atoms with Crippen LogP contribution in [0.5, 0.6) is 0 Å². The molecule has 156 valence electrons. The largest absolute Gasteiger partial charge is 0.346 e. The minimum Gasteiger partial charge on any atom is -0.346 e. The van der Waals surface area contributed by atoms with Gasteiger partial charge in [0.15, 0.2) is 0 Å². The lowest BCUT2D eigenvalue weighted by Crippen LogP contribution is -2.55. The van der Waals surface area contributed by atoms with Crippen LogP contribution in [0.15, 0.2) is 36.4 Å². The summed E-state index contributed by atoms with van der Waals surface area (Å²) in [5.41, 5.74) is 5.37. The Balaban J connectivity index is 1.13. The van der Waals surface area contributed by atoms with Gasteiger partial charge in [-0.25, -0.2) is 4.98 Å². The van der Waals surface area contributed by atoms with Gasteiger partial charge in [-0.15, -0.1) is 0 Å². The lowest BCUT2D eigenvalue weighted by molar-refractivity contribution is -0.147. The number of nitrogens with zero attached hydrogens (tertiary/aromatic N) is 1. The number of hydrazine groups is 1. The molecule has 4 saturated carbocycles. The van der Waals surface area contributed by atoms with Crippen LogP contribution in [0.25, 0.3) is 10.9 Å². The minimum absolute atomic E-state index is 0.000674. The number of benzene rings is 1. The van der Waals surface area contributed by atoms with Gasteiger partial charge in [0, 0.05) is 10.8 Å². The summed E-state index contributed by atoms with van der Waals surface area (Å²) in [6, 6.07) is 10.9. The fourth-order valence-corrected chi connectivity index (χ4v) is 6.16. The summed E-state index contributed by atoms with van der Waals surface area (Å²) in [4.78, 5) is 41.6. The first-order valence-electron chi connectivity index (χ1n) is 10.7. The number of para-hydroxylation sites is 1. The molecule has 4 aliphatic carbocycles. The molecule has 3 N–H and O–H groups in total. The summed E-state index contributed by atoms with van der Waals surface area (Å²) in [6.07, 6.45) is 6.66. The maximum absolute atomic E-state index is 12.9. The summed E-state index contributed by atoms with van der Waals surface area (Å²) < 4.78 is 0. The number of rotatable bonds is 4. The van der Waals surface area contributed by atoms with Gasteiger partial charge in [0.25, 0.3) is 11.8 Å². The standard InChI is InChI=1S/C23H26N4O3/c28-20(26-27-21(29)19-6-5-17-3-1-2-4-18(17)25-19)13-24-22(30)23-10-14-7-15(11-23)9-16(8-14)12-23/h1-6,14-16H,7-13H2,(H,24,30)(H,26,28)(H,27,29). The van der Waals surface area contributed by atoms with Crippen LogP contribution in [0.4, 0.5) is 0 Å². The highest BCUT2D eigenvalue weighted by Gasteiger charge is 2.54. The number of aromatic nitrogens is 1. The Labute approximate surface area is 175 Å². The second-order valence-corrected chi connectivity index (χ2v) is 9.27. The van der Waals surface area contributed by atoms with E-state index in [1.165, 1.54) is 19.3 Å². The van der Waals surface area contributed by atoms with Crippen LogP contribution in [0, 0.1) is 23.2 Å². The molecule has 3 amide bonds. The third-order valence-electron chi connectivity index (χ3n) is 7.08. The number of nitrogens with one attached hydrogen (secondary N) is 3. The van der Waals surface area contributed by atoms with Crippen LogP contribution in [-0.4, -0.2) is 29.3 Å². The van der Waals surface area contributed by atoms with E-state index in [0.717, 1.165) is 24.6 Å². The molecular weight excluding hydrogens is 380 g/mol. The van der Waals surface area contributed by atoms with E-state index >= 15 is 0 Å². The SMILES string of the molecule is O=C(CNC(=O)C12CC3CC(CC(C3)C1)C2)NNC(=O)c1ccc2ccccc2n1. The number of hydrogen-bond donors (Lipinski definition) is 3. The van der Waals surface area contributed by atoms with Crippen molar-refractivity contribution in [1.29, 1.82) is 0 Å². The van der Waals surface area contributed by atoms with E-state index in [1.807, 2.05) is 30.3 Å². The molecular formula is C23H26N4O3. The Hall–Kier alpha value is -2.96. The van der Waals surface area contributed by atoms with Gasteiger partial charge >= 0.3 is 0 Å². The average molecular weight is 406 g/mol. The molecule has 1 aromatic carbocycles. The Kier molecular flexibility index (Phi) is 4.68. The van der Waals surface area contributed by atoms with E-state index < -0.39 is 11.8 Å². The van der Waals surface area contributed by atoms with Gasteiger partial charge in [-0.1, -0.05) is 24.3 Å². The van der Waals surface area contributed by atoms with Gasteiger partial charge in [0.1, 0.15) is 5.69 Å². The molecule has 1 aromatic heterocycles. The Morgan fingerprint density at radius 1 is 0.900 bits per heavy atom. The molecule has 0 radical (unpaired) electrons. The molecule has 1 heterocycles. The quantitative estimate of drug-likeness (QED) is 0.679. The second kappa shape index (κ2) is 7.38. The van der Waals surface area contributed by atoms with Gasteiger partial charge < -0.3 is 5.32 Å². The van der Waals surface area contributed by atoms with Crippen molar-refractivity contribution in [2.45, 2.75) is 38.5 Å². The van der Waals surface area contributed by atoms with E-state index in [9.17, 15) is 14.4 Å². The van der Waals surface area contributed by atoms with Gasteiger partial charge in [-0.2, -0.15) is 0 Å². The van der Waals surface area contributed by atoms with E-state index in [4.69, 9.17) is 0 Å². The molecule has 0 unspecified atom stereocenters. The van der Waals surface area contributed by atoms with E-state index in [2.05, 4.69) is 21.2 Å². The molecule has 4 fully saturated rings. The number of amides is 3. The number of carbonyl (C=O) groups excluding carboxylic acids is 3. The van der Waals surface area contributed by atoms with Gasteiger partial charge in [0.2, 0.25) is 5.91 Å². The predicted molar refractivity (Wildman–Crippen MR) is 111 cm³/mol. The van der Waals surface area contributed by atoms with Crippen molar-refractivity contribution in [3.63, 3.8) is 0 Å². The monoisotopic (exact) mass is 406 g/mol. The summed E-state index contributed by atoms with van der Waals surface area (Å²) in [6.45, 7) is -0.147. The van der Waals surface area contributed by atoms with Gasteiger partial charge in [0.05, 0.1) is 12.1 Å². The molecule has 7 heteroatoms. The number of fused-ring (bicyclic) bond motifs is 1. The first-order chi connectivity index (χ1) is 14.5. The van der Waals surface area contributed by atoms with Crippen LogP contribution in [-0.2, 0) is 9.59 Å². The van der Waals surface area contributed by atoms with Crippen LogP contribution in [0.3, 0.4) is 0 Å². The molecule has 0 spiro atoms. The maximum atomic E-state index is 12.9. The number of hydrogen-bond acceptors (Lipinski definition) is 4. The third kappa shape index (κ3) is 3.53. The van der Waals surface area contributed by atoms with Crippen molar-refractivity contribution in [3.8, 4) is 0 Å². The van der Waals surface area contributed by atoms with Crippen LogP contribution >= 0.6 is 0 Å². The Morgan fingerprint density at radius 2 is 1.57 bits per heavy atom. The summed E-state index contributed by atoms with van der Waals surface area (Å²) >= 11 is 0. The lowest BCUT2D eigenvalue weighted by atomic mass is 9.49. The number of pyridine rings is 1. The Morgan fingerprint density at radius 3 is 2.27 bits per heavy atom. The topological polar surface area (TPSA) is 100 Å². The van der Waals surface area contributed by atoms with Crippen molar-refractivity contribution in [2.24, 2.45) is 23.2 Å². The molecule has 2 aromatic rings. The van der Waals surface area contributed by atoms with E-state index in [-0.39, 0.29) is 23.6 Å². The first kappa shape index (κ1) is 19.0. The zero-order chi connectivity index (χ0) is 20.7. The van der Waals surface area contributed by atoms with Crippen molar-refractivity contribution in [2.75, 3.05) is 6.54 Å². The molecule has 30 heavy (non-hydrogen) atoms. The van der Waals surface area contributed by atoms with Crippen molar-refractivity contribution >= 4 is 28.6 Å². The average Bonchev–Trinajstić information content (AvgIpc) is 2.74. The van der Waals surface area contributed by atoms with E-state index in [1.54, 1.807) is 6.07 Å². The van der Waals surface area contributed by atoms with Gasteiger partial charge in [-0.05, 0) is 68.4 Å². The molecule has 4 aliphatic rings. The summed E-state index contributed by atoms with van der Waals surface area (Å²) in [7, 11) is 0. The maximum Gasteiger partial charge on any atom is 0.288 e. The zero-order valence-electron chi connectivity index (χ0n) is 16.8. The van der Waals surface area contributed by atoms with Crippen LogP contribution < -0.4 is 16.2 Å². The smallest absolute Gasteiger partial charge is 0.288 e. The highest BCUT2D eigenvalue weighted by Crippen LogP contribution is 2.60. The molecule has 7 nitrogen and oxygen atoms in total. The predicted octanol–water partition coefficient (Wildman–Crippen LogP) is 2.33. The first-order valence-corrected chi connectivity index (χ1v) is 10.7. The molecule has 6 rings (SSSR count).